The van der Waals surface area contributed by atoms with Gasteiger partial charge in [-0.25, -0.2) is 0 Å². The minimum atomic E-state index is -0.530. The van der Waals surface area contributed by atoms with E-state index in [1.54, 1.807) is 0 Å². The number of rotatable bonds is 3. The van der Waals surface area contributed by atoms with Gasteiger partial charge in [-0.2, -0.15) is 0 Å². The molecule has 0 fully saturated rings. The van der Waals surface area contributed by atoms with Gasteiger partial charge in [0.15, 0.2) is 0 Å². The Morgan fingerprint density at radius 2 is 1.47 bits per heavy atom. The van der Waals surface area contributed by atoms with Gasteiger partial charge in [0.25, 0.3) is 0 Å². The zero-order chi connectivity index (χ0) is 35.1. The average molecular weight is 688 g/mol. The summed E-state index contributed by atoms with van der Waals surface area (Å²) in [5.41, 5.74) is 14.0. The van der Waals surface area contributed by atoms with Crippen molar-refractivity contribution in [3.05, 3.63) is 201 Å². The molecule has 11 rings (SSSR count). The van der Waals surface area contributed by atoms with Crippen molar-refractivity contribution in [1.82, 2.24) is 4.57 Å². The molecule has 6 aliphatic rings. The van der Waals surface area contributed by atoms with E-state index in [-0.39, 0.29) is 0 Å². The molecule has 0 radical (unpaired) electrons. The molecule has 3 unspecified atom stereocenters. The second kappa shape index (κ2) is 11.9. The molecule has 2 aliphatic heterocycles. The molecule has 258 valence electrons. The van der Waals surface area contributed by atoms with Gasteiger partial charge in [0.2, 0.25) is 0 Å². The molecular weight excluding hydrogens is 647 g/mol. The molecule has 3 nitrogen and oxygen atoms in total. The number of para-hydroxylation sites is 3. The van der Waals surface area contributed by atoms with E-state index in [1.807, 2.05) is 0 Å². The van der Waals surface area contributed by atoms with Crippen LogP contribution in [0.2, 0.25) is 0 Å². The quantitative estimate of drug-likeness (QED) is 0.188. The van der Waals surface area contributed by atoms with Gasteiger partial charge in [-0.05, 0) is 103 Å². The van der Waals surface area contributed by atoms with Gasteiger partial charge in [-0.3, -0.25) is 0 Å². The van der Waals surface area contributed by atoms with Crippen molar-refractivity contribution in [2.75, 3.05) is 0 Å². The fraction of sp³-hybridized carbons (Fsp3) is 0.200. The Labute approximate surface area is 311 Å². The minimum Gasteiger partial charge on any atom is -0.457 e. The summed E-state index contributed by atoms with van der Waals surface area (Å²) < 4.78 is 16.4. The molecule has 3 heteroatoms. The molecule has 0 N–H and O–H groups in total. The van der Waals surface area contributed by atoms with Crippen molar-refractivity contribution in [1.29, 1.82) is 0 Å². The lowest BCUT2D eigenvalue weighted by Crippen LogP contribution is -2.40. The van der Waals surface area contributed by atoms with Crippen LogP contribution in [0.15, 0.2) is 156 Å². The van der Waals surface area contributed by atoms with Gasteiger partial charge in [0.05, 0.1) is 5.41 Å². The summed E-state index contributed by atoms with van der Waals surface area (Å²) in [4.78, 5) is 0. The Hall–Kier alpha value is -5.80. The highest BCUT2D eigenvalue weighted by atomic mass is 16.5. The average Bonchev–Trinajstić information content (AvgIpc) is 3.55. The summed E-state index contributed by atoms with van der Waals surface area (Å²) in [6.45, 7) is 2.43. The lowest BCUT2D eigenvalue weighted by Gasteiger charge is -2.48. The molecule has 5 aromatic rings. The van der Waals surface area contributed by atoms with E-state index in [0.29, 0.717) is 17.8 Å². The third-order valence-corrected chi connectivity index (χ3v) is 12.6. The van der Waals surface area contributed by atoms with Crippen LogP contribution in [0.5, 0.6) is 17.2 Å². The SMILES string of the molecule is CC1CC2=C(C=C1C1C=Cc3c(c4c(n3-c3ccccc3)CCC=C4)C1)Oc1cc(C3C=CC=CC3)ccc1C21c2ccccc2Oc2ccccc21. The van der Waals surface area contributed by atoms with Crippen molar-refractivity contribution in [3.8, 4) is 22.9 Å². The zero-order valence-electron chi connectivity index (χ0n) is 30.0. The maximum Gasteiger partial charge on any atom is 0.132 e. The summed E-state index contributed by atoms with van der Waals surface area (Å²) in [5, 5.41) is 0. The number of benzene rings is 4. The molecule has 3 atom stereocenters. The second-order valence-corrected chi connectivity index (χ2v) is 15.5. The molecular formula is C50H41NO2. The number of hydrogen-bond donors (Lipinski definition) is 0. The van der Waals surface area contributed by atoms with Crippen LogP contribution in [0.1, 0.15) is 76.9 Å². The number of nitrogens with zero attached hydrogens (tertiary/aromatic N) is 1. The summed E-state index contributed by atoms with van der Waals surface area (Å²) in [6, 6.07) is 35.2. The van der Waals surface area contributed by atoms with Crippen molar-refractivity contribution in [2.24, 2.45) is 11.8 Å². The fourth-order valence-electron chi connectivity index (χ4n) is 10.3. The Balaban J connectivity index is 1.08. The first kappa shape index (κ1) is 30.8. The molecule has 4 aliphatic carbocycles. The van der Waals surface area contributed by atoms with Gasteiger partial charge in [-0.15, -0.1) is 0 Å². The van der Waals surface area contributed by atoms with Gasteiger partial charge in [0, 0.05) is 45.6 Å². The molecule has 3 heterocycles. The fourth-order valence-corrected chi connectivity index (χ4v) is 10.3. The molecule has 4 aromatic carbocycles. The first-order valence-electron chi connectivity index (χ1n) is 19.3. The highest BCUT2D eigenvalue weighted by Crippen LogP contribution is 2.62. The van der Waals surface area contributed by atoms with Crippen LogP contribution in [0.3, 0.4) is 0 Å². The molecule has 0 saturated carbocycles. The van der Waals surface area contributed by atoms with Crippen LogP contribution in [0, 0.1) is 11.8 Å². The van der Waals surface area contributed by atoms with E-state index < -0.39 is 5.41 Å². The van der Waals surface area contributed by atoms with E-state index in [9.17, 15) is 0 Å². The molecule has 0 amide bonds. The van der Waals surface area contributed by atoms with Crippen molar-refractivity contribution in [3.63, 3.8) is 0 Å². The van der Waals surface area contributed by atoms with Crippen LogP contribution < -0.4 is 9.47 Å². The predicted octanol–water partition coefficient (Wildman–Crippen LogP) is 12.0. The number of allylic oxidation sites excluding steroid dienone is 9. The van der Waals surface area contributed by atoms with Crippen LogP contribution in [0.4, 0.5) is 0 Å². The Morgan fingerprint density at radius 3 is 2.26 bits per heavy atom. The number of aromatic nitrogens is 1. The highest BCUT2D eigenvalue weighted by molar-refractivity contribution is 5.75. The third kappa shape index (κ3) is 4.53. The van der Waals surface area contributed by atoms with Gasteiger partial charge in [0.1, 0.15) is 23.0 Å². The summed E-state index contributed by atoms with van der Waals surface area (Å²) in [7, 11) is 0. The molecule has 0 saturated heterocycles. The topological polar surface area (TPSA) is 23.4 Å². The van der Waals surface area contributed by atoms with E-state index in [4.69, 9.17) is 9.47 Å². The number of hydrogen-bond acceptors (Lipinski definition) is 2. The maximum absolute atomic E-state index is 7.20. The summed E-state index contributed by atoms with van der Waals surface area (Å²) in [5.74, 6) is 4.73. The zero-order valence-corrected chi connectivity index (χ0v) is 30.0. The molecule has 1 spiro atoms. The monoisotopic (exact) mass is 687 g/mol. The van der Waals surface area contributed by atoms with Crippen LogP contribution in [0.25, 0.3) is 17.8 Å². The first-order valence-corrected chi connectivity index (χ1v) is 19.3. The number of ether oxygens (including phenoxy) is 2. The van der Waals surface area contributed by atoms with Crippen molar-refractivity contribution >= 4 is 12.2 Å². The van der Waals surface area contributed by atoms with Crippen LogP contribution >= 0.6 is 0 Å². The van der Waals surface area contributed by atoms with Crippen molar-refractivity contribution in [2.45, 2.75) is 50.4 Å². The summed E-state index contributed by atoms with van der Waals surface area (Å²) >= 11 is 0. The summed E-state index contributed by atoms with van der Waals surface area (Å²) in [6.07, 6.45) is 26.0. The van der Waals surface area contributed by atoms with Crippen LogP contribution in [-0.2, 0) is 18.3 Å². The predicted molar refractivity (Wildman–Crippen MR) is 214 cm³/mol. The Bertz CT molecular complexity index is 2470. The standard InChI is InChI=1S/C50H41NO2/c1-32-28-43-49(31-38(32)35-25-27-45-39(29-35)37-18-8-11-21-44(37)51(45)36-16-6-3-7-17-36)53-48-30-34(33-14-4-2-5-15-33)24-26-42(48)50(43)40-19-9-12-22-46(40)52-47-23-13-10-20-41(47)50/h2-10,12-14,16-20,22-27,30-33,35H,11,15,21,28-29H2,1H3. The van der Waals surface area contributed by atoms with Gasteiger partial charge < -0.3 is 14.0 Å². The van der Waals surface area contributed by atoms with E-state index in [1.165, 1.54) is 61.6 Å². The highest BCUT2D eigenvalue weighted by Gasteiger charge is 2.53. The van der Waals surface area contributed by atoms with Gasteiger partial charge in [-0.1, -0.05) is 122 Å². The Morgan fingerprint density at radius 1 is 0.698 bits per heavy atom. The smallest absolute Gasteiger partial charge is 0.132 e. The molecule has 1 aromatic heterocycles. The lowest BCUT2D eigenvalue weighted by atomic mass is 9.58. The largest absolute Gasteiger partial charge is 0.457 e. The Kier molecular flexibility index (Phi) is 6.89. The van der Waals surface area contributed by atoms with E-state index in [2.05, 4.69) is 163 Å². The second-order valence-electron chi connectivity index (χ2n) is 15.5. The number of fused-ring (bicyclic) bond motifs is 10. The van der Waals surface area contributed by atoms with Crippen LogP contribution in [-0.4, -0.2) is 4.57 Å². The normalized spacial score (nSPS) is 22.4. The van der Waals surface area contributed by atoms with Gasteiger partial charge >= 0.3 is 0 Å². The minimum absolute atomic E-state index is 0.290. The van der Waals surface area contributed by atoms with E-state index in [0.717, 1.165) is 55.1 Å². The maximum atomic E-state index is 7.20. The molecule has 53 heavy (non-hydrogen) atoms. The lowest BCUT2D eigenvalue weighted by molar-refractivity contribution is 0.352. The van der Waals surface area contributed by atoms with Crippen molar-refractivity contribution < 1.29 is 9.47 Å². The van der Waals surface area contributed by atoms with E-state index >= 15 is 0 Å². The molecule has 0 bridgehead atoms. The first-order chi connectivity index (χ1) is 26.2. The third-order valence-electron chi connectivity index (χ3n) is 12.6.